The lowest BCUT2D eigenvalue weighted by Gasteiger charge is -2.04. The monoisotopic (exact) mass is 275 g/mol. The summed E-state index contributed by atoms with van der Waals surface area (Å²) in [5.74, 6) is 1.24. The smallest absolute Gasteiger partial charge is 0.213 e. The second kappa shape index (κ2) is 7.00. The van der Waals surface area contributed by atoms with Gasteiger partial charge in [-0.2, -0.15) is 0 Å². The van der Waals surface area contributed by atoms with Gasteiger partial charge in [-0.15, -0.1) is 5.10 Å². The van der Waals surface area contributed by atoms with Gasteiger partial charge in [0.15, 0.2) is 0 Å². The quantitative estimate of drug-likeness (QED) is 0.829. The Balaban J connectivity index is 1.91. The zero-order valence-corrected chi connectivity index (χ0v) is 12.2. The first kappa shape index (κ1) is 14.5. The predicted octanol–water partition coefficient (Wildman–Crippen LogP) is 1.48. The molecule has 0 aliphatic carbocycles. The van der Waals surface area contributed by atoms with E-state index < -0.39 is 0 Å². The Labute approximate surface area is 119 Å². The zero-order valence-electron chi connectivity index (χ0n) is 12.2. The summed E-state index contributed by atoms with van der Waals surface area (Å²) in [6.45, 7) is 6.67. The molecule has 0 aliphatic heterocycles. The number of aromatic nitrogens is 4. The molecule has 1 N–H and O–H groups in total. The Kier molecular flexibility index (Phi) is 5.06. The molecule has 0 spiro atoms. The summed E-state index contributed by atoms with van der Waals surface area (Å²) < 4.78 is 6.89. The number of methoxy groups -OCH3 is 1. The first-order chi connectivity index (χ1) is 9.67. The summed E-state index contributed by atoms with van der Waals surface area (Å²) >= 11 is 0. The van der Waals surface area contributed by atoms with Gasteiger partial charge in [0.05, 0.1) is 31.2 Å². The van der Waals surface area contributed by atoms with Gasteiger partial charge in [-0.3, -0.25) is 0 Å². The Bertz CT molecular complexity index is 538. The normalized spacial score (nSPS) is 11.0. The fraction of sp³-hybridized carbons (Fsp3) is 0.500. The fourth-order valence-electron chi connectivity index (χ4n) is 1.81. The summed E-state index contributed by atoms with van der Waals surface area (Å²) in [5, 5.41) is 11.6. The van der Waals surface area contributed by atoms with Crippen LogP contribution < -0.4 is 10.1 Å². The van der Waals surface area contributed by atoms with Crippen LogP contribution in [0.1, 0.15) is 25.2 Å². The van der Waals surface area contributed by atoms with Crippen LogP contribution >= 0.6 is 0 Å². The van der Waals surface area contributed by atoms with Crippen molar-refractivity contribution < 1.29 is 4.74 Å². The standard InChI is InChI=1S/C14H21N5O/c1-11(2)7-15-8-13-10-19(18-17-13)9-12-5-4-6-14(16-12)20-3/h4-6,10-11,15H,7-9H2,1-3H3. The molecule has 0 saturated carbocycles. The highest BCUT2D eigenvalue weighted by molar-refractivity contribution is 5.15. The third-order valence-corrected chi connectivity index (χ3v) is 2.76. The third-order valence-electron chi connectivity index (χ3n) is 2.76. The van der Waals surface area contributed by atoms with E-state index in [2.05, 4.69) is 34.5 Å². The Hall–Kier alpha value is -1.95. The molecule has 2 rings (SSSR count). The summed E-state index contributed by atoms with van der Waals surface area (Å²) in [5.41, 5.74) is 1.84. The van der Waals surface area contributed by atoms with Crippen molar-refractivity contribution >= 4 is 0 Å². The Morgan fingerprint density at radius 1 is 1.30 bits per heavy atom. The van der Waals surface area contributed by atoms with Crippen LogP contribution in [0.4, 0.5) is 0 Å². The molecular formula is C14H21N5O. The molecule has 2 heterocycles. The maximum atomic E-state index is 5.11. The molecule has 6 nitrogen and oxygen atoms in total. The Morgan fingerprint density at radius 2 is 2.15 bits per heavy atom. The first-order valence-corrected chi connectivity index (χ1v) is 6.77. The summed E-state index contributed by atoms with van der Waals surface area (Å²) in [6.07, 6.45) is 1.94. The second-order valence-electron chi connectivity index (χ2n) is 5.10. The van der Waals surface area contributed by atoms with Crippen LogP contribution in [0.5, 0.6) is 5.88 Å². The van der Waals surface area contributed by atoms with Gasteiger partial charge in [0.25, 0.3) is 0 Å². The van der Waals surface area contributed by atoms with E-state index in [-0.39, 0.29) is 0 Å². The van der Waals surface area contributed by atoms with Crippen molar-refractivity contribution in [3.63, 3.8) is 0 Å². The van der Waals surface area contributed by atoms with Crippen LogP contribution in [-0.2, 0) is 13.1 Å². The van der Waals surface area contributed by atoms with Crippen LogP contribution in [0.2, 0.25) is 0 Å². The van der Waals surface area contributed by atoms with E-state index >= 15 is 0 Å². The molecule has 0 unspecified atom stereocenters. The van der Waals surface area contributed by atoms with Gasteiger partial charge < -0.3 is 10.1 Å². The van der Waals surface area contributed by atoms with Crippen LogP contribution in [0.25, 0.3) is 0 Å². The number of hydrogen-bond acceptors (Lipinski definition) is 5. The number of hydrogen-bond donors (Lipinski definition) is 1. The van der Waals surface area contributed by atoms with Gasteiger partial charge in [0.1, 0.15) is 0 Å². The molecule has 6 heteroatoms. The van der Waals surface area contributed by atoms with Crippen molar-refractivity contribution in [1.82, 2.24) is 25.3 Å². The van der Waals surface area contributed by atoms with E-state index in [1.165, 1.54) is 0 Å². The Morgan fingerprint density at radius 3 is 2.90 bits per heavy atom. The number of nitrogens with zero attached hydrogens (tertiary/aromatic N) is 4. The lowest BCUT2D eigenvalue weighted by atomic mass is 10.2. The van der Waals surface area contributed by atoms with Gasteiger partial charge in [-0.25, -0.2) is 9.67 Å². The molecule has 0 atom stereocenters. The van der Waals surface area contributed by atoms with Crippen LogP contribution in [0, 0.1) is 5.92 Å². The predicted molar refractivity (Wildman–Crippen MR) is 76.5 cm³/mol. The van der Waals surface area contributed by atoms with E-state index in [4.69, 9.17) is 4.74 Å². The van der Waals surface area contributed by atoms with E-state index in [1.54, 1.807) is 11.8 Å². The third kappa shape index (κ3) is 4.31. The van der Waals surface area contributed by atoms with Gasteiger partial charge in [0, 0.05) is 12.6 Å². The minimum absolute atomic E-state index is 0.592. The topological polar surface area (TPSA) is 64.9 Å². The molecule has 0 saturated heterocycles. The highest BCUT2D eigenvalue weighted by Crippen LogP contribution is 2.07. The summed E-state index contributed by atoms with van der Waals surface area (Å²) in [4.78, 5) is 4.35. The van der Waals surface area contributed by atoms with Crippen LogP contribution in [0.15, 0.2) is 24.4 Å². The van der Waals surface area contributed by atoms with Gasteiger partial charge in [-0.05, 0) is 18.5 Å². The molecule has 20 heavy (non-hydrogen) atoms. The summed E-state index contributed by atoms with van der Waals surface area (Å²) in [7, 11) is 1.61. The SMILES string of the molecule is COc1cccc(Cn2cc(CNCC(C)C)nn2)n1. The molecule has 0 radical (unpaired) electrons. The van der Waals surface area contributed by atoms with Crippen molar-refractivity contribution in [3.8, 4) is 5.88 Å². The van der Waals surface area contributed by atoms with Crippen molar-refractivity contribution in [3.05, 3.63) is 35.8 Å². The maximum Gasteiger partial charge on any atom is 0.213 e. The van der Waals surface area contributed by atoms with Crippen LogP contribution in [0.3, 0.4) is 0 Å². The molecule has 0 bridgehead atoms. The number of pyridine rings is 1. The maximum absolute atomic E-state index is 5.11. The highest BCUT2D eigenvalue weighted by atomic mass is 16.5. The molecule has 0 fully saturated rings. The van der Waals surface area contributed by atoms with Crippen molar-refractivity contribution in [2.75, 3.05) is 13.7 Å². The van der Waals surface area contributed by atoms with Crippen LogP contribution in [-0.4, -0.2) is 33.6 Å². The van der Waals surface area contributed by atoms with E-state index in [1.807, 2.05) is 24.4 Å². The van der Waals surface area contributed by atoms with Crippen molar-refractivity contribution in [2.24, 2.45) is 5.92 Å². The highest BCUT2D eigenvalue weighted by Gasteiger charge is 2.04. The lowest BCUT2D eigenvalue weighted by Crippen LogP contribution is -2.19. The van der Waals surface area contributed by atoms with Gasteiger partial charge in [0.2, 0.25) is 5.88 Å². The average molecular weight is 275 g/mol. The molecular weight excluding hydrogens is 254 g/mol. The fourth-order valence-corrected chi connectivity index (χ4v) is 1.81. The summed E-state index contributed by atoms with van der Waals surface area (Å²) in [6, 6.07) is 5.69. The molecule has 108 valence electrons. The van der Waals surface area contributed by atoms with Gasteiger partial charge in [-0.1, -0.05) is 25.1 Å². The molecule has 0 aliphatic rings. The van der Waals surface area contributed by atoms with E-state index in [0.29, 0.717) is 18.3 Å². The number of rotatable bonds is 7. The first-order valence-electron chi connectivity index (χ1n) is 6.77. The minimum atomic E-state index is 0.592. The number of ether oxygens (including phenoxy) is 1. The molecule has 0 aromatic carbocycles. The largest absolute Gasteiger partial charge is 0.481 e. The number of nitrogens with one attached hydrogen (secondary N) is 1. The zero-order chi connectivity index (χ0) is 14.4. The van der Waals surface area contributed by atoms with E-state index in [0.717, 1.165) is 24.5 Å². The molecule has 2 aromatic heterocycles. The van der Waals surface area contributed by atoms with Crippen molar-refractivity contribution in [1.29, 1.82) is 0 Å². The average Bonchev–Trinajstić information content (AvgIpc) is 2.86. The van der Waals surface area contributed by atoms with Gasteiger partial charge >= 0.3 is 0 Å². The van der Waals surface area contributed by atoms with E-state index in [9.17, 15) is 0 Å². The molecule has 0 amide bonds. The molecule has 2 aromatic rings. The van der Waals surface area contributed by atoms with Crippen molar-refractivity contribution in [2.45, 2.75) is 26.9 Å². The lowest BCUT2D eigenvalue weighted by molar-refractivity contribution is 0.395. The minimum Gasteiger partial charge on any atom is -0.481 e. The second-order valence-corrected chi connectivity index (χ2v) is 5.10.